The van der Waals surface area contributed by atoms with Gasteiger partial charge >= 0.3 is 33.4 Å². The standard InChI is InChI=1S/C31H20F6N8.Pt/c1-29(2,23-5-3-21(19-7-13-38-14-8-19)27(40-23)44-17-11-25(42-44)30(32,33)34)24-6-4-22(20-9-15-39-16-10-20)28(41-24)45-18-12-26(43-45)31(35,36)37;/h3-16H,1-2H3;/q-2;+2. The van der Waals surface area contributed by atoms with E-state index in [4.69, 9.17) is 9.97 Å². The van der Waals surface area contributed by atoms with Crippen molar-refractivity contribution >= 4 is 0 Å². The molecule has 0 spiro atoms. The van der Waals surface area contributed by atoms with Crippen molar-refractivity contribution in [2.75, 3.05) is 0 Å². The van der Waals surface area contributed by atoms with Crippen LogP contribution >= 0.6 is 0 Å². The summed E-state index contributed by atoms with van der Waals surface area (Å²) in [5, 5.41) is 7.37. The van der Waals surface area contributed by atoms with E-state index >= 15 is 0 Å². The summed E-state index contributed by atoms with van der Waals surface area (Å²) in [6, 6.07) is 15.0. The molecule has 0 bridgehead atoms. The fraction of sp³-hybridized carbons (Fsp3) is 0.161. The first kappa shape index (κ1) is 32.7. The fourth-order valence-corrected chi connectivity index (χ4v) is 4.63. The van der Waals surface area contributed by atoms with Gasteiger partial charge < -0.3 is 9.36 Å². The van der Waals surface area contributed by atoms with Gasteiger partial charge in [-0.25, -0.2) is 0 Å². The molecule has 0 amide bonds. The van der Waals surface area contributed by atoms with Crippen LogP contribution in [0.3, 0.4) is 0 Å². The molecule has 0 aliphatic carbocycles. The second kappa shape index (κ2) is 12.2. The molecule has 0 N–H and O–H groups in total. The minimum Gasteiger partial charge on any atom is -0.343 e. The van der Waals surface area contributed by atoms with Gasteiger partial charge in [-0.1, -0.05) is 24.5 Å². The molecule has 0 saturated carbocycles. The summed E-state index contributed by atoms with van der Waals surface area (Å²) in [5.41, 5.74) is -0.307. The zero-order valence-electron chi connectivity index (χ0n) is 23.7. The molecule has 0 unspecified atom stereocenters. The Balaban J connectivity index is 0.00000417. The van der Waals surface area contributed by atoms with Crippen molar-refractivity contribution in [3.63, 3.8) is 0 Å². The van der Waals surface area contributed by atoms with Crippen LogP contribution in [0, 0.1) is 12.4 Å². The van der Waals surface area contributed by atoms with Crippen LogP contribution in [-0.2, 0) is 38.8 Å². The van der Waals surface area contributed by atoms with Gasteiger partial charge in [0.2, 0.25) is 0 Å². The van der Waals surface area contributed by atoms with E-state index < -0.39 is 29.2 Å². The van der Waals surface area contributed by atoms with Gasteiger partial charge in [0.15, 0.2) is 0 Å². The summed E-state index contributed by atoms with van der Waals surface area (Å²) in [5.74, 6) is 0.150. The smallest absolute Gasteiger partial charge is 0.343 e. The van der Waals surface area contributed by atoms with Crippen molar-refractivity contribution in [1.82, 2.24) is 39.5 Å². The van der Waals surface area contributed by atoms with Crippen molar-refractivity contribution in [3.05, 3.63) is 121 Å². The zero-order chi connectivity index (χ0) is 32.0. The van der Waals surface area contributed by atoms with Gasteiger partial charge in [-0.3, -0.25) is 30.1 Å². The fourth-order valence-electron chi connectivity index (χ4n) is 4.63. The van der Waals surface area contributed by atoms with E-state index in [-0.39, 0.29) is 32.7 Å². The number of hydrogen-bond acceptors (Lipinski definition) is 6. The van der Waals surface area contributed by atoms with Crippen molar-refractivity contribution in [1.29, 1.82) is 0 Å². The van der Waals surface area contributed by atoms with Gasteiger partial charge in [-0.2, -0.15) is 26.3 Å². The minimum absolute atomic E-state index is 0. The predicted molar refractivity (Wildman–Crippen MR) is 149 cm³/mol. The van der Waals surface area contributed by atoms with E-state index in [0.29, 0.717) is 33.6 Å². The topological polar surface area (TPSA) is 87.2 Å². The molecular weight excluding hydrogens is 793 g/mol. The molecular formula is C31H20F6N8Pt. The molecule has 236 valence electrons. The van der Waals surface area contributed by atoms with E-state index in [1.165, 1.54) is 24.8 Å². The number of nitrogens with zero attached hydrogens (tertiary/aromatic N) is 8. The Kier molecular flexibility index (Phi) is 8.69. The first-order valence-corrected chi connectivity index (χ1v) is 13.3. The summed E-state index contributed by atoms with van der Waals surface area (Å²) in [6.45, 7) is 3.57. The summed E-state index contributed by atoms with van der Waals surface area (Å²) in [7, 11) is 0. The molecule has 0 radical (unpaired) electrons. The number of rotatable bonds is 6. The Morgan fingerprint density at radius 3 is 1.24 bits per heavy atom. The van der Waals surface area contributed by atoms with Crippen LogP contribution in [0.1, 0.15) is 36.6 Å². The number of halogens is 6. The molecule has 0 atom stereocenters. The molecule has 15 heteroatoms. The number of aromatic nitrogens is 8. The van der Waals surface area contributed by atoms with E-state index in [9.17, 15) is 26.3 Å². The zero-order valence-corrected chi connectivity index (χ0v) is 26.0. The van der Waals surface area contributed by atoms with Crippen molar-refractivity contribution < 1.29 is 47.4 Å². The SMILES string of the molecule is CC(C)(c1ccc(-c2ccncc2)c(-n2[c-]cc(C(F)(F)F)n2)n1)c1ccc(-c2ccncc2)c(-n2[c-]cc(C(F)(F)F)n2)n1.[Pt+2]. The Bertz CT molecular complexity index is 1830. The minimum atomic E-state index is -4.69. The van der Waals surface area contributed by atoms with E-state index in [1.54, 1.807) is 62.4 Å². The Morgan fingerprint density at radius 1 is 0.543 bits per heavy atom. The quantitative estimate of drug-likeness (QED) is 0.134. The molecule has 46 heavy (non-hydrogen) atoms. The first-order chi connectivity index (χ1) is 21.3. The molecule has 0 aliphatic rings. The molecule has 0 fully saturated rings. The number of hydrogen-bond donors (Lipinski definition) is 0. The molecule has 0 aromatic carbocycles. The molecule has 6 heterocycles. The normalized spacial score (nSPS) is 12.2. The largest absolute Gasteiger partial charge is 2.00 e. The number of pyridine rings is 4. The van der Waals surface area contributed by atoms with E-state index in [0.717, 1.165) is 21.5 Å². The summed E-state index contributed by atoms with van der Waals surface area (Å²) < 4.78 is 82.4. The molecule has 8 nitrogen and oxygen atoms in total. The van der Waals surface area contributed by atoms with E-state index in [1.807, 2.05) is 0 Å². The number of alkyl halides is 6. The van der Waals surface area contributed by atoms with Crippen LogP contribution in [0.4, 0.5) is 26.3 Å². The third-order valence-electron chi connectivity index (χ3n) is 7.06. The molecule has 0 aliphatic heterocycles. The maximum absolute atomic E-state index is 13.4. The van der Waals surface area contributed by atoms with Gasteiger partial charge in [-0.05, 0) is 72.5 Å². The van der Waals surface area contributed by atoms with Gasteiger partial charge in [0.05, 0.1) is 23.0 Å². The van der Waals surface area contributed by atoms with E-state index in [2.05, 4.69) is 32.6 Å². The average Bonchev–Trinajstić information content (AvgIpc) is 3.73. The van der Waals surface area contributed by atoms with Gasteiger partial charge in [0, 0.05) is 41.6 Å². The third-order valence-corrected chi connectivity index (χ3v) is 7.06. The first-order valence-electron chi connectivity index (χ1n) is 13.3. The third kappa shape index (κ3) is 6.34. The summed E-state index contributed by atoms with van der Waals surface area (Å²) in [4.78, 5) is 17.5. The Morgan fingerprint density at radius 2 is 0.913 bits per heavy atom. The van der Waals surface area contributed by atoms with Crippen LogP contribution in [0.2, 0.25) is 0 Å². The van der Waals surface area contributed by atoms with Crippen molar-refractivity contribution in [2.24, 2.45) is 0 Å². The van der Waals surface area contributed by atoms with Gasteiger partial charge in [0.25, 0.3) is 0 Å². The molecule has 6 aromatic heterocycles. The monoisotopic (exact) mass is 813 g/mol. The van der Waals surface area contributed by atoms with Gasteiger partial charge in [0.1, 0.15) is 0 Å². The molecule has 6 aromatic rings. The summed E-state index contributed by atoms with van der Waals surface area (Å²) >= 11 is 0. The van der Waals surface area contributed by atoms with Crippen molar-refractivity contribution in [2.45, 2.75) is 31.6 Å². The molecule has 0 saturated heterocycles. The average molecular weight is 814 g/mol. The van der Waals surface area contributed by atoms with Crippen LogP contribution in [0.15, 0.2) is 85.5 Å². The van der Waals surface area contributed by atoms with Crippen LogP contribution in [-0.4, -0.2) is 39.5 Å². The maximum Gasteiger partial charge on any atom is 2.00 e. The van der Waals surface area contributed by atoms with Gasteiger partial charge in [-0.15, -0.1) is 12.1 Å². The Hall–Kier alpha value is -4.71. The summed E-state index contributed by atoms with van der Waals surface area (Å²) in [6.07, 6.45) is 1.78. The molecule has 6 rings (SSSR count). The Labute approximate surface area is 272 Å². The maximum atomic E-state index is 13.4. The van der Waals surface area contributed by atoms with Crippen molar-refractivity contribution in [3.8, 4) is 33.9 Å². The second-order valence-corrected chi connectivity index (χ2v) is 10.4. The van der Waals surface area contributed by atoms with Crippen LogP contribution in [0.25, 0.3) is 33.9 Å². The van der Waals surface area contributed by atoms with Crippen LogP contribution < -0.4 is 0 Å². The van der Waals surface area contributed by atoms with Crippen LogP contribution in [0.5, 0.6) is 0 Å². The predicted octanol–water partition coefficient (Wildman–Crippen LogP) is 6.93. The second-order valence-electron chi connectivity index (χ2n) is 10.4.